The number of pyridine rings is 1. The van der Waals surface area contributed by atoms with Gasteiger partial charge >= 0.3 is 0 Å². The average Bonchev–Trinajstić information content (AvgIpc) is 2.41. The second kappa shape index (κ2) is 6.90. The minimum absolute atomic E-state index is 0.309. The molecule has 6 heteroatoms. The van der Waals surface area contributed by atoms with Crippen molar-refractivity contribution in [3.05, 3.63) is 45.9 Å². The van der Waals surface area contributed by atoms with Gasteiger partial charge in [-0.05, 0) is 40.5 Å². The standard InChI is InChI=1S/C14H14BrClFN3/c1-2-3-19-10-6-11(8-18-7-10)20-14-12(15)4-9(17)5-13(14)16/h4-8,19-20H,2-3H2,1H3. The molecule has 0 aliphatic carbocycles. The third-order valence-corrected chi connectivity index (χ3v) is 3.52. The molecule has 1 heterocycles. The normalized spacial score (nSPS) is 10.4. The summed E-state index contributed by atoms with van der Waals surface area (Å²) in [4.78, 5) is 4.15. The Labute approximate surface area is 130 Å². The number of halogens is 3. The van der Waals surface area contributed by atoms with E-state index in [1.807, 2.05) is 6.07 Å². The number of benzene rings is 1. The van der Waals surface area contributed by atoms with Gasteiger partial charge in [0, 0.05) is 11.0 Å². The van der Waals surface area contributed by atoms with Crippen LogP contribution in [0, 0.1) is 5.82 Å². The first kappa shape index (κ1) is 15.1. The highest BCUT2D eigenvalue weighted by Crippen LogP contribution is 2.34. The highest BCUT2D eigenvalue weighted by Gasteiger charge is 2.08. The van der Waals surface area contributed by atoms with Crippen LogP contribution in [0.4, 0.5) is 21.5 Å². The third-order valence-electron chi connectivity index (χ3n) is 2.59. The number of aromatic nitrogens is 1. The van der Waals surface area contributed by atoms with Crippen LogP contribution in [-0.2, 0) is 0 Å². The van der Waals surface area contributed by atoms with E-state index in [0.717, 1.165) is 24.3 Å². The second-order valence-corrected chi connectivity index (χ2v) is 5.52. The van der Waals surface area contributed by atoms with Crippen molar-refractivity contribution >= 4 is 44.6 Å². The molecule has 0 bridgehead atoms. The molecule has 106 valence electrons. The van der Waals surface area contributed by atoms with Crippen LogP contribution in [-0.4, -0.2) is 11.5 Å². The molecule has 0 unspecified atom stereocenters. The lowest BCUT2D eigenvalue weighted by Crippen LogP contribution is -2.01. The molecule has 0 saturated carbocycles. The van der Waals surface area contributed by atoms with Crippen molar-refractivity contribution in [1.82, 2.24) is 4.98 Å². The Bertz CT molecular complexity index is 584. The van der Waals surface area contributed by atoms with Gasteiger partial charge in [-0.25, -0.2) is 4.39 Å². The molecule has 1 aromatic carbocycles. The lowest BCUT2D eigenvalue weighted by atomic mass is 10.3. The summed E-state index contributed by atoms with van der Waals surface area (Å²) in [5.41, 5.74) is 2.31. The zero-order valence-electron chi connectivity index (χ0n) is 10.9. The van der Waals surface area contributed by atoms with Gasteiger partial charge in [-0.15, -0.1) is 0 Å². The summed E-state index contributed by atoms with van der Waals surface area (Å²) in [6.07, 6.45) is 4.47. The Hall–Kier alpha value is -1.33. The minimum Gasteiger partial charge on any atom is -0.384 e. The summed E-state index contributed by atoms with van der Waals surface area (Å²) in [5, 5.41) is 6.70. The third kappa shape index (κ3) is 3.84. The van der Waals surface area contributed by atoms with Crippen molar-refractivity contribution in [2.45, 2.75) is 13.3 Å². The van der Waals surface area contributed by atoms with Crippen molar-refractivity contribution in [3.8, 4) is 0 Å². The second-order valence-electron chi connectivity index (χ2n) is 4.26. The molecule has 0 saturated heterocycles. The van der Waals surface area contributed by atoms with Crippen LogP contribution in [0.1, 0.15) is 13.3 Å². The molecule has 0 spiro atoms. The Morgan fingerprint density at radius 1 is 1.25 bits per heavy atom. The van der Waals surface area contributed by atoms with Gasteiger partial charge in [0.2, 0.25) is 0 Å². The van der Waals surface area contributed by atoms with Crippen LogP contribution >= 0.6 is 27.5 Å². The van der Waals surface area contributed by atoms with E-state index in [4.69, 9.17) is 11.6 Å². The molecule has 1 aromatic heterocycles. The van der Waals surface area contributed by atoms with Gasteiger partial charge in [-0.1, -0.05) is 18.5 Å². The van der Waals surface area contributed by atoms with Crippen molar-refractivity contribution in [2.24, 2.45) is 0 Å². The van der Waals surface area contributed by atoms with Gasteiger partial charge in [0.1, 0.15) is 5.82 Å². The van der Waals surface area contributed by atoms with Gasteiger partial charge < -0.3 is 10.6 Å². The largest absolute Gasteiger partial charge is 0.384 e. The van der Waals surface area contributed by atoms with E-state index in [1.165, 1.54) is 12.1 Å². The SMILES string of the molecule is CCCNc1cncc(Nc2c(Cl)cc(F)cc2Br)c1. The van der Waals surface area contributed by atoms with Gasteiger partial charge in [0.15, 0.2) is 0 Å². The van der Waals surface area contributed by atoms with Gasteiger partial charge in [-0.2, -0.15) is 0 Å². The van der Waals surface area contributed by atoms with Crippen LogP contribution in [0.2, 0.25) is 5.02 Å². The van der Waals surface area contributed by atoms with Crippen LogP contribution in [0.3, 0.4) is 0 Å². The molecule has 0 fully saturated rings. The Balaban J connectivity index is 2.22. The molecule has 2 aromatic rings. The van der Waals surface area contributed by atoms with E-state index in [2.05, 4.69) is 38.5 Å². The van der Waals surface area contributed by atoms with E-state index in [-0.39, 0.29) is 5.82 Å². The monoisotopic (exact) mass is 357 g/mol. The Morgan fingerprint density at radius 2 is 2.00 bits per heavy atom. The number of hydrogen-bond acceptors (Lipinski definition) is 3. The van der Waals surface area contributed by atoms with Crippen LogP contribution in [0.15, 0.2) is 35.1 Å². The molecular formula is C14H14BrClFN3. The molecule has 3 nitrogen and oxygen atoms in total. The Morgan fingerprint density at radius 3 is 2.70 bits per heavy atom. The fraction of sp³-hybridized carbons (Fsp3) is 0.214. The average molecular weight is 359 g/mol. The van der Waals surface area contributed by atoms with Crippen LogP contribution < -0.4 is 10.6 Å². The lowest BCUT2D eigenvalue weighted by Gasteiger charge is -2.12. The highest BCUT2D eigenvalue weighted by molar-refractivity contribution is 9.10. The number of anilines is 3. The maximum Gasteiger partial charge on any atom is 0.125 e. The summed E-state index contributed by atoms with van der Waals surface area (Å²) in [6.45, 7) is 2.98. The summed E-state index contributed by atoms with van der Waals surface area (Å²) in [6, 6.07) is 4.55. The van der Waals surface area contributed by atoms with Gasteiger partial charge in [0.05, 0.1) is 34.5 Å². The highest BCUT2D eigenvalue weighted by atomic mass is 79.9. The van der Waals surface area contributed by atoms with Crippen molar-refractivity contribution in [2.75, 3.05) is 17.2 Å². The van der Waals surface area contributed by atoms with Crippen LogP contribution in [0.5, 0.6) is 0 Å². The zero-order chi connectivity index (χ0) is 14.5. The van der Waals surface area contributed by atoms with Crippen molar-refractivity contribution in [3.63, 3.8) is 0 Å². The minimum atomic E-state index is -0.385. The topological polar surface area (TPSA) is 37.0 Å². The van der Waals surface area contributed by atoms with Gasteiger partial charge in [-0.3, -0.25) is 4.98 Å². The fourth-order valence-electron chi connectivity index (χ4n) is 1.68. The summed E-state index contributed by atoms with van der Waals surface area (Å²) >= 11 is 9.33. The number of rotatable bonds is 5. The summed E-state index contributed by atoms with van der Waals surface area (Å²) in [7, 11) is 0. The summed E-state index contributed by atoms with van der Waals surface area (Å²) < 4.78 is 13.8. The first-order chi connectivity index (χ1) is 9.60. The van der Waals surface area contributed by atoms with E-state index in [1.54, 1.807) is 12.4 Å². The first-order valence-electron chi connectivity index (χ1n) is 6.20. The van der Waals surface area contributed by atoms with E-state index in [0.29, 0.717) is 15.2 Å². The molecule has 20 heavy (non-hydrogen) atoms. The molecule has 2 N–H and O–H groups in total. The quantitative estimate of drug-likeness (QED) is 0.771. The molecule has 0 aliphatic heterocycles. The van der Waals surface area contributed by atoms with Crippen molar-refractivity contribution < 1.29 is 4.39 Å². The maximum absolute atomic E-state index is 13.2. The Kier molecular flexibility index (Phi) is 5.20. The predicted molar refractivity (Wildman–Crippen MR) is 85.4 cm³/mol. The van der Waals surface area contributed by atoms with Crippen LogP contribution in [0.25, 0.3) is 0 Å². The molecule has 0 atom stereocenters. The van der Waals surface area contributed by atoms with Gasteiger partial charge in [0.25, 0.3) is 0 Å². The number of nitrogens with zero attached hydrogens (tertiary/aromatic N) is 1. The maximum atomic E-state index is 13.2. The molecule has 0 aliphatic rings. The van der Waals surface area contributed by atoms with E-state index < -0.39 is 0 Å². The number of hydrogen-bond donors (Lipinski definition) is 2. The lowest BCUT2D eigenvalue weighted by molar-refractivity contribution is 0.627. The summed E-state index contributed by atoms with van der Waals surface area (Å²) in [5.74, 6) is -0.385. The number of nitrogens with one attached hydrogen (secondary N) is 2. The predicted octanol–water partition coefficient (Wildman–Crippen LogP) is 5.20. The molecule has 0 radical (unpaired) electrons. The first-order valence-corrected chi connectivity index (χ1v) is 7.37. The molecular weight excluding hydrogens is 345 g/mol. The van der Waals surface area contributed by atoms with Crippen molar-refractivity contribution in [1.29, 1.82) is 0 Å². The molecule has 2 rings (SSSR count). The molecule has 0 amide bonds. The zero-order valence-corrected chi connectivity index (χ0v) is 13.2. The fourth-order valence-corrected chi connectivity index (χ4v) is 2.58. The van der Waals surface area contributed by atoms with E-state index in [9.17, 15) is 4.39 Å². The van der Waals surface area contributed by atoms with E-state index >= 15 is 0 Å². The smallest absolute Gasteiger partial charge is 0.125 e.